The van der Waals surface area contributed by atoms with E-state index in [-0.39, 0.29) is 0 Å². The quantitative estimate of drug-likeness (QED) is 0.568. The highest BCUT2D eigenvalue weighted by atomic mass is 127. The number of alkyl halides is 1. The molecule has 0 unspecified atom stereocenters. The summed E-state index contributed by atoms with van der Waals surface area (Å²) in [6, 6.07) is 0. The Morgan fingerprint density at radius 1 is 1.50 bits per heavy atom. The fraction of sp³-hybridized carbons (Fsp3) is 0.286. The second-order valence-electron chi connectivity index (χ2n) is 1.97. The standard InChI is InChI=1S/C7H6Br2INO/c8-1-2-12-6-4-11-3-5(9)7(6)10/h3-4H,1-2H2. The van der Waals surface area contributed by atoms with Crippen LogP contribution in [0.15, 0.2) is 16.9 Å². The van der Waals surface area contributed by atoms with Crippen LogP contribution in [0.4, 0.5) is 0 Å². The summed E-state index contributed by atoms with van der Waals surface area (Å²) in [5.41, 5.74) is 0. The summed E-state index contributed by atoms with van der Waals surface area (Å²) in [4.78, 5) is 4.01. The van der Waals surface area contributed by atoms with E-state index in [0.29, 0.717) is 6.61 Å². The number of aromatic nitrogens is 1. The lowest BCUT2D eigenvalue weighted by molar-refractivity contribution is 0.341. The Morgan fingerprint density at radius 2 is 2.25 bits per heavy atom. The minimum absolute atomic E-state index is 0.661. The van der Waals surface area contributed by atoms with E-state index < -0.39 is 0 Å². The number of ether oxygens (including phenoxy) is 1. The first kappa shape index (κ1) is 10.7. The number of nitrogens with zero attached hydrogens (tertiary/aromatic N) is 1. The third-order valence-electron chi connectivity index (χ3n) is 1.14. The minimum atomic E-state index is 0.661. The molecule has 1 rings (SSSR count). The second kappa shape index (κ2) is 5.39. The number of hydrogen-bond donors (Lipinski definition) is 0. The minimum Gasteiger partial charge on any atom is -0.490 e. The molecule has 0 saturated heterocycles. The molecule has 0 N–H and O–H groups in total. The van der Waals surface area contributed by atoms with Gasteiger partial charge in [0.25, 0.3) is 0 Å². The van der Waals surface area contributed by atoms with Crippen molar-refractivity contribution in [3.05, 3.63) is 20.4 Å². The Balaban J connectivity index is 2.78. The molecule has 0 aliphatic heterocycles. The normalized spacial score (nSPS) is 9.92. The molecule has 1 aromatic rings. The molecule has 12 heavy (non-hydrogen) atoms. The average molecular weight is 407 g/mol. The highest BCUT2D eigenvalue weighted by Gasteiger charge is 2.03. The highest BCUT2D eigenvalue weighted by molar-refractivity contribution is 14.1. The summed E-state index contributed by atoms with van der Waals surface area (Å²) in [5.74, 6) is 0.824. The smallest absolute Gasteiger partial charge is 0.152 e. The van der Waals surface area contributed by atoms with Crippen LogP contribution < -0.4 is 4.74 Å². The molecule has 0 radical (unpaired) electrons. The molecule has 66 valence electrons. The molecule has 1 aromatic heterocycles. The van der Waals surface area contributed by atoms with E-state index in [1.54, 1.807) is 12.4 Å². The zero-order valence-electron chi connectivity index (χ0n) is 6.06. The van der Waals surface area contributed by atoms with Gasteiger partial charge in [0.1, 0.15) is 0 Å². The van der Waals surface area contributed by atoms with Crippen LogP contribution in [-0.2, 0) is 0 Å². The third kappa shape index (κ3) is 2.85. The maximum absolute atomic E-state index is 5.42. The predicted molar refractivity (Wildman–Crippen MR) is 63.9 cm³/mol. The molecular formula is C7H6Br2INO. The Hall–Kier alpha value is 0.640. The van der Waals surface area contributed by atoms with Gasteiger partial charge in [-0.05, 0) is 38.5 Å². The monoisotopic (exact) mass is 405 g/mol. The van der Waals surface area contributed by atoms with E-state index in [4.69, 9.17) is 4.74 Å². The molecule has 0 aliphatic carbocycles. The number of pyridine rings is 1. The van der Waals surface area contributed by atoms with Crippen molar-refractivity contribution in [1.29, 1.82) is 0 Å². The fourth-order valence-electron chi connectivity index (χ4n) is 0.651. The van der Waals surface area contributed by atoms with Gasteiger partial charge in [0.15, 0.2) is 5.75 Å². The molecule has 0 aromatic carbocycles. The zero-order chi connectivity index (χ0) is 8.97. The molecule has 0 amide bonds. The van der Waals surface area contributed by atoms with Crippen molar-refractivity contribution in [2.24, 2.45) is 0 Å². The van der Waals surface area contributed by atoms with E-state index in [2.05, 4.69) is 59.4 Å². The second-order valence-corrected chi connectivity index (χ2v) is 4.70. The van der Waals surface area contributed by atoms with Crippen LogP contribution in [-0.4, -0.2) is 16.9 Å². The number of rotatable bonds is 3. The molecule has 0 atom stereocenters. The van der Waals surface area contributed by atoms with E-state index in [9.17, 15) is 0 Å². The van der Waals surface area contributed by atoms with E-state index >= 15 is 0 Å². The first-order valence-corrected chi connectivity index (χ1v) is 6.22. The van der Waals surface area contributed by atoms with Crippen LogP contribution in [0.3, 0.4) is 0 Å². The largest absolute Gasteiger partial charge is 0.490 e. The van der Waals surface area contributed by atoms with Crippen LogP contribution in [0, 0.1) is 3.57 Å². The van der Waals surface area contributed by atoms with Crippen molar-refractivity contribution < 1.29 is 4.74 Å². The van der Waals surface area contributed by atoms with Gasteiger partial charge in [0.05, 0.1) is 20.8 Å². The Bertz CT molecular complexity index is 270. The maximum Gasteiger partial charge on any atom is 0.152 e. The Kier molecular flexibility index (Phi) is 4.81. The zero-order valence-corrected chi connectivity index (χ0v) is 11.4. The van der Waals surface area contributed by atoms with Gasteiger partial charge in [-0.3, -0.25) is 4.98 Å². The summed E-state index contributed by atoms with van der Waals surface area (Å²) in [5, 5.41) is 0.829. The van der Waals surface area contributed by atoms with Crippen LogP contribution in [0.5, 0.6) is 5.75 Å². The third-order valence-corrected chi connectivity index (χ3v) is 3.92. The molecule has 0 aliphatic rings. The topological polar surface area (TPSA) is 22.1 Å². The first-order chi connectivity index (χ1) is 5.75. The maximum atomic E-state index is 5.42. The Labute approximate surface area is 101 Å². The molecule has 1 heterocycles. The number of hydrogen-bond acceptors (Lipinski definition) is 2. The van der Waals surface area contributed by atoms with Crippen molar-refractivity contribution in [2.45, 2.75) is 0 Å². The summed E-state index contributed by atoms with van der Waals surface area (Å²) in [6.07, 6.45) is 3.47. The lowest BCUT2D eigenvalue weighted by Crippen LogP contribution is -2.00. The molecule has 0 spiro atoms. The van der Waals surface area contributed by atoms with Crippen LogP contribution in [0.1, 0.15) is 0 Å². The lowest BCUT2D eigenvalue weighted by Gasteiger charge is -2.06. The van der Waals surface area contributed by atoms with Crippen molar-refractivity contribution in [1.82, 2.24) is 4.98 Å². The average Bonchev–Trinajstić information content (AvgIpc) is 2.08. The van der Waals surface area contributed by atoms with Gasteiger partial charge in [-0.2, -0.15) is 0 Å². The lowest BCUT2D eigenvalue weighted by atomic mass is 10.5. The highest BCUT2D eigenvalue weighted by Crippen LogP contribution is 2.26. The van der Waals surface area contributed by atoms with Gasteiger partial charge in [-0.1, -0.05) is 15.9 Å². The van der Waals surface area contributed by atoms with Crippen molar-refractivity contribution in [2.75, 3.05) is 11.9 Å². The van der Waals surface area contributed by atoms with Gasteiger partial charge >= 0.3 is 0 Å². The molecule has 0 bridgehead atoms. The van der Waals surface area contributed by atoms with Gasteiger partial charge in [0.2, 0.25) is 0 Å². The SMILES string of the molecule is BrCCOc1cncc(Br)c1I. The predicted octanol–water partition coefficient (Wildman–Crippen LogP) is 3.22. The summed E-state index contributed by atoms with van der Waals surface area (Å²) in [7, 11) is 0. The fourth-order valence-corrected chi connectivity index (χ4v) is 1.56. The van der Waals surface area contributed by atoms with Gasteiger partial charge in [0, 0.05) is 11.5 Å². The van der Waals surface area contributed by atoms with Crippen LogP contribution in [0.25, 0.3) is 0 Å². The van der Waals surface area contributed by atoms with Gasteiger partial charge < -0.3 is 4.74 Å². The van der Waals surface area contributed by atoms with E-state index in [0.717, 1.165) is 19.1 Å². The Morgan fingerprint density at radius 3 is 2.92 bits per heavy atom. The summed E-state index contributed by atoms with van der Waals surface area (Å²) in [6.45, 7) is 0.661. The van der Waals surface area contributed by atoms with Crippen LogP contribution in [0.2, 0.25) is 0 Å². The molecular weight excluding hydrogens is 401 g/mol. The van der Waals surface area contributed by atoms with E-state index in [1.807, 2.05) is 0 Å². The van der Waals surface area contributed by atoms with Gasteiger partial charge in [-0.25, -0.2) is 0 Å². The summed E-state index contributed by atoms with van der Waals surface area (Å²) >= 11 is 8.88. The molecule has 0 fully saturated rings. The molecule has 0 saturated carbocycles. The van der Waals surface area contributed by atoms with E-state index in [1.165, 1.54) is 0 Å². The number of halogens is 3. The van der Waals surface area contributed by atoms with Crippen LogP contribution >= 0.6 is 54.5 Å². The van der Waals surface area contributed by atoms with Crippen molar-refractivity contribution >= 4 is 54.5 Å². The molecule has 2 nitrogen and oxygen atoms in total. The van der Waals surface area contributed by atoms with Crippen molar-refractivity contribution in [3.8, 4) is 5.75 Å². The summed E-state index contributed by atoms with van der Waals surface area (Å²) < 4.78 is 7.45. The van der Waals surface area contributed by atoms with Crippen molar-refractivity contribution in [3.63, 3.8) is 0 Å². The van der Waals surface area contributed by atoms with Gasteiger partial charge in [-0.15, -0.1) is 0 Å². The first-order valence-electron chi connectivity index (χ1n) is 3.23. The molecule has 5 heteroatoms.